The zero-order valence-corrected chi connectivity index (χ0v) is 20.2. The average Bonchev–Trinajstić information content (AvgIpc) is 2.90. The number of ether oxygens (including phenoxy) is 5. The summed E-state index contributed by atoms with van der Waals surface area (Å²) in [5, 5.41) is 9.99. The van der Waals surface area contributed by atoms with E-state index in [-0.39, 0.29) is 12.5 Å². The molecule has 35 heavy (non-hydrogen) atoms. The van der Waals surface area contributed by atoms with Crippen molar-refractivity contribution in [2.24, 2.45) is 5.92 Å². The lowest BCUT2D eigenvalue weighted by atomic mass is 9.82. The fourth-order valence-electron chi connectivity index (χ4n) is 4.33. The van der Waals surface area contributed by atoms with Crippen molar-refractivity contribution in [1.29, 1.82) is 0 Å². The maximum absolute atomic E-state index is 13.0. The Bertz CT molecular complexity index is 1160. The topological polar surface area (TPSA) is 86.7 Å². The zero-order chi connectivity index (χ0) is 24.9. The summed E-state index contributed by atoms with van der Waals surface area (Å²) in [5.74, 6) is 1.64. The third-order valence-corrected chi connectivity index (χ3v) is 6.10. The number of β-lactam (4-membered cyclic amide) rings is 1. The Morgan fingerprint density at radius 1 is 0.800 bits per heavy atom. The molecule has 1 amide bonds. The van der Waals surface area contributed by atoms with Gasteiger partial charge in [-0.15, -0.1) is 0 Å². The van der Waals surface area contributed by atoms with Gasteiger partial charge in [0.05, 0.1) is 52.7 Å². The van der Waals surface area contributed by atoms with E-state index in [1.807, 2.05) is 42.5 Å². The van der Waals surface area contributed by atoms with Crippen LogP contribution >= 0.6 is 0 Å². The normalized spacial score (nSPS) is 16.9. The van der Waals surface area contributed by atoms with Gasteiger partial charge in [0.2, 0.25) is 11.7 Å². The van der Waals surface area contributed by atoms with Gasteiger partial charge in [0.1, 0.15) is 6.61 Å². The highest BCUT2D eigenvalue weighted by Gasteiger charge is 2.49. The Balaban J connectivity index is 1.70. The molecule has 1 heterocycles. The minimum atomic E-state index is -0.593. The molecule has 0 radical (unpaired) electrons. The van der Waals surface area contributed by atoms with Crippen LogP contribution in [0.25, 0.3) is 0 Å². The number of aliphatic hydroxyl groups is 1. The molecule has 1 saturated heterocycles. The van der Waals surface area contributed by atoms with Crippen molar-refractivity contribution in [2.75, 3.05) is 39.9 Å². The van der Waals surface area contributed by atoms with Crippen LogP contribution in [0.2, 0.25) is 0 Å². The standard InChI is InChI=1S/C27H29NO7/c1-31-21-11-10-18(12-22(21)35-16-17-8-6-5-7-9-17)25-20(15-29)27(30)28(25)19-13-23(32-2)26(34-4)24(14-19)33-3/h5-14,20,25,29H,15-16H2,1-4H3/t20-,25-/m0/s1. The van der Waals surface area contributed by atoms with Crippen LogP contribution in [0.5, 0.6) is 28.7 Å². The van der Waals surface area contributed by atoms with E-state index in [2.05, 4.69) is 0 Å². The third kappa shape index (κ3) is 4.57. The molecule has 4 rings (SSSR count). The van der Waals surface area contributed by atoms with Gasteiger partial charge < -0.3 is 33.7 Å². The molecule has 3 aromatic rings. The number of hydrogen-bond donors (Lipinski definition) is 1. The molecule has 1 fully saturated rings. The molecular weight excluding hydrogens is 450 g/mol. The molecule has 184 valence electrons. The highest BCUT2D eigenvalue weighted by Crippen LogP contribution is 2.49. The number of rotatable bonds is 10. The minimum Gasteiger partial charge on any atom is -0.493 e. The van der Waals surface area contributed by atoms with Gasteiger partial charge in [-0.25, -0.2) is 0 Å². The second kappa shape index (κ2) is 10.6. The lowest BCUT2D eigenvalue weighted by molar-refractivity contribution is -0.132. The van der Waals surface area contributed by atoms with Gasteiger partial charge in [0.25, 0.3) is 0 Å². The Morgan fingerprint density at radius 3 is 2.03 bits per heavy atom. The summed E-state index contributed by atoms with van der Waals surface area (Å²) in [6.45, 7) is 0.0843. The van der Waals surface area contributed by atoms with Crippen molar-refractivity contribution in [1.82, 2.24) is 0 Å². The van der Waals surface area contributed by atoms with Crippen LogP contribution in [-0.4, -0.2) is 46.1 Å². The number of carbonyl (C=O) groups excluding carboxylic acids is 1. The SMILES string of the molecule is COc1ccc([C@H]2[C@H](CO)C(=O)N2c2cc(OC)c(OC)c(OC)c2)cc1OCc1ccccc1. The second-order valence-electron chi connectivity index (χ2n) is 8.01. The Labute approximate surface area is 204 Å². The smallest absolute Gasteiger partial charge is 0.235 e. The summed E-state index contributed by atoms with van der Waals surface area (Å²) in [6, 6.07) is 18.4. The number of amides is 1. The molecule has 0 bridgehead atoms. The minimum absolute atomic E-state index is 0.200. The van der Waals surface area contributed by atoms with E-state index in [0.29, 0.717) is 41.0 Å². The van der Waals surface area contributed by atoms with Gasteiger partial charge in [-0.05, 0) is 23.3 Å². The summed E-state index contributed by atoms with van der Waals surface area (Å²) in [6.07, 6.45) is 0. The second-order valence-corrected chi connectivity index (χ2v) is 8.01. The third-order valence-electron chi connectivity index (χ3n) is 6.10. The fraction of sp³-hybridized carbons (Fsp3) is 0.296. The van der Waals surface area contributed by atoms with E-state index in [9.17, 15) is 9.90 Å². The summed E-state index contributed by atoms with van der Waals surface area (Å²) in [4.78, 5) is 14.7. The molecule has 8 nitrogen and oxygen atoms in total. The number of hydrogen-bond acceptors (Lipinski definition) is 7. The van der Waals surface area contributed by atoms with Gasteiger partial charge >= 0.3 is 0 Å². The summed E-state index contributed by atoms with van der Waals surface area (Å²) >= 11 is 0. The molecule has 2 atom stereocenters. The van der Waals surface area contributed by atoms with Gasteiger partial charge in [0.15, 0.2) is 23.0 Å². The van der Waals surface area contributed by atoms with Crippen molar-refractivity contribution in [3.63, 3.8) is 0 Å². The highest BCUT2D eigenvalue weighted by atomic mass is 16.5. The van der Waals surface area contributed by atoms with Crippen LogP contribution in [0, 0.1) is 5.92 Å². The molecule has 1 aliphatic heterocycles. The number of methoxy groups -OCH3 is 4. The van der Waals surface area contributed by atoms with Crippen molar-refractivity contribution in [3.8, 4) is 28.7 Å². The molecule has 1 aliphatic rings. The van der Waals surface area contributed by atoms with Crippen LogP contribution in [0.3, 0.4) is 0 Å². The molecule has 0 unspecified atom stereocenters. The Morgan fingerprint density at radius 2 is 1.46 bits per heavy atom. The average molecular weight is 480 g/mol. The first kappa shape index (κ1) is 24.2. The number of aliphatic hydroxyl groups excluding tert-OH is 1. The van der Waals surface area contributed by atoms with Crippen molar-refractivity contribution >= 4 is 11.6 Å². The molecule has 0 aliphatic carbocycles. The van der Waals surface area contributed by atoms with Gasteiger partial charge in [-0.1, -0.05) is 36.4 Å². The molecule has 3 aromatic carbocycles. The van der Waals surface area contributed by atoms with Crippen molar-refractivity contribution in [2.45, 2.75) is 12.6 Å². The summed E-state index contributed by atoms with van der Waals surface area (Å²) < 4.78 is 27.9. The lowest BCUT2D eigenvalue weighted by Crippen LogP contribution is -2.56. The van der Waals surface area contributed by atoms with E-state index < -0.39 is 12.0 Å². The van der Waals surface area contributed by atoms with Crippen LogP contribution in [-0.2, 0) is 11.4 Å². The number of benzene rings is 3. The first-order valence-corrected chi connectivity index (χ1v) is 11.1. The Hall–Kier alpha value is -3.91. The summed E-state index contributed by atoms with van der Waals surface area (Å²) in [5.41, 5.74) is 2.40. The van der Waals surface area contributed by atoms with Crippen LogP contribution in [0.15, 0.2) is 60.7 Å². The van der Waals surface area contributed by atoms with E-state index in [4.69, 9.17) is 23.7 Å². The van der Waals surface area contributed by atoms with E-state index in [0.717, 1.165) is 11.1 Å². The summed E-state index contributed by atoms with van der Waals surface area (Å²) in [7, 11) is 6.14. The van der Waals surface area contributed by atoms with Gasteiger partial charge in [0, 0.05) is 12.1 Å². The Kier molecular flexibility index (Phi) is 7.31. The van der Waals surface area contributed by atoms with Crippen LogP contribution in [0.1, 0.15) is 17.2 Å². The largest absolute Gasteiger partial charge is 0.493 e. The van der Waals surface area contributed by atoms with E-state index in [1.54, 1.807) is 30.2 Å². The number of carbonyl (C=O) groups is 1. The lowest BCUT2D eigenvalue weighted by Gasteiger charge is -2.47. The quantitative estimate of drug-likeness (QED) is 0.440. The molecule has 1 N–H and O–H groups in total. The highest BCUT2D eigenvalue weighted by molar-refractivity contribution is 6.03. The molecular formula is C27H29NO7. The fourth-order valence-corrected chi connectivity index (χ4v) is 4.33. The van der Waals surface area contributed by atoms with Crippen LogP contribution in [0.4, 0.5) is 5.69 Å². The van der Waals surface area contributed by atoms with Gasteiger partial charge in [-0.3, -0.25) is 4.79 Å². The molecule has 8 heteroatoms. The van der Waals surface area contributed by atoms with Gasteiger partial charge in [-0.2, -0.15) is 0 Å². The zero-order valence-electron chi connectivity index (χ0n) is 20.2. The predicted molar refractivity (Wildman–Crippen MR) is 131 cm³/mol. The monoisotopic (exact) mass is 479 g/mol. The number of nitrogens with zero attached hydrogens (tertiary/aromatic N) is 1. The predicted octanol–water partition coefficient (Wildman–Crippen LogP) is 4.00. The molecule has 0 saturated carbocycles. The maximum atomic E-state index is 13.0. The van der Waals surface area contributed by atoms with Crippen LogP contribution < -0.4 is 28.6 Å². The van der Waals surface area contributed by atoms with E-state index in [1.165, 1.54) is 21.3 Å². The van der Waals surface area contributed by atoms with Crippen molar-refractivity contribution in [3.05, 3.63) is 71.8 Å². The molecule has 0 aromatic heterocycles. The van der Waals surface area contributed by atoms with Crippen molar-refractivity contribution < 1.29 is 33.6 Å². The first-order valence-electron chi connectivity index (χ1n) is 11.1. The number of anilines is 1. The first-order chi connectivity index (χ1) is 17.1. The maximum Gasteiger partial charge on any atom is 0.235 e. The molecule has 0 spiro atoms. The van der Waals surface area contributed by atoms with E-state index >= 15 is 0 Å².